The minimum Gasteiger partial charge on any atom is -0.370 e. The summed E-state index contributed by atoms with van der Waals surface area (Å²) in [6.45, 7) is 3.21. The molecule has 1 aromatic carbocycles. The molecule has 0 amide bonds. The van der Waals surface area contributed by atoms with E-state index in [4.69, 9.17) is 5.73 Å². The summed E-state index contributed by atoms with van der Waals surface area (Å²) >= 11 is 0. The number of guanidine groups is 1. The van der Waals surface area contributed by atoms with Crippen LogP contribution >= 0.6 is 0 Å². The van der Waals surface area contributed by atoms with Crippen LogP contribution in [-0.2, 0) is 6.54 Å². The van der Waals surface area contributed by atoms with Crippen LogP contribution in [0.5, 0.6) is 0 Å². The summed E-state index contributed by atoms with van der Waals surface area (Å²) in [4.78, 5) is 8.60. The lowest BCUT2D eigenvalue weighted by Crippen LogP contribution is -2.43. The van der Waals surface area contributed by atoms with E-state index in [0.717, 1.165) is 26.1 Å². The van der Waals surface area contributed by atoms with Crippen LogP contribution in [0.2, 0.25) is 0 Å². The number of rotatable bonds is 3. The van der Waals surface area contributed by atoms with Gasteiger partial charge in [0.25, 0.3) is 0 Å². The number of nitrogens with two attached hydrogens (primary N) is 1. The molecule has 0 aliphatic carbocycles. The summed E-state index contributed by atoms with van der Waals surface area (Å²) in [5, 5.41) is 0. The fraction of sp³-hybridized carbons (Fsp3) is 0.500. The van der Waals surface area contributed by atoms with Gasteiger partial charge in [0.15, 0.2) is 5.96 Å². The quantitative estimate of drug-likeness (QED) is 0.642. The largest absolute Gasteiger partial charge is 0.370 e. The van der Waals surface area contributed by atoms with Crippen molar-refractivity contribution in [3.05, 3.63) is 35.9 Å². The van der Waals surface area contributed by atoms with Crippen molar-refractivity contribution in [2.45, 2.75) is 19.0 Å². The second kappa shape index (κ2) is 5.87. The molecule has 1 saturated heterocycles. The van der Waals surface area contributed by atoms with Gasteiger partial charge in [0.2, 0.25) is 0 Å². The first kappa shape index (κ1) is 12.9. The number of aliphatic imine (C=N–C) groups is 1. The van der Waals surface area contributed by atoms with Crippen molar-refractivity contribution in [3.63, 3.8) is 0 Å². The highest BCUT2D eigenvalue weighted by atomic mass is 15.3. The Morgan fingerprint density at radius 1 is 1.44 bits per heavy atom. The van der Waals surface area contributed by atoms with Crippen LogP contribution in [-0.4, -0.2) is 49.0 Å². The molecule has 1 aromatic rings. The number of hydrogen-bond donors (Lipinski definition) is 1. The van der Waals surface area contributed by atoms with Crippen LogP contribution in [0.4, 0.5) is 0 Å². The van der Waals surface area contributed by atoms with E-state index in [1.807, 2.05) is 7.05 Å². The van der Waals surface area contributed by atoms with Crippen LogP contribution in [0, 0.1) is 0 Å². The van der Waals surface area contributed by atoms with Crippen molar-refractivity contribution in [2.75, 3.05) is 27.2 Å². The molecule has 0 radical (unpaired) electrons. The smallest absolute Gasteiger partial charge is 0.191 e. The van der Waals surface area contributed by atoms with Gasteiger partial charge in [-0.25, -0.2) is 0 Å². The predicted octanol–water partition coefficient (Wildman–Crippen LogP) is 1.14. The van der Waals surface area contributed by atoms with Crippen molar-refractivity contribution in [1.29, 1.82) is 0 Å². The molecule has 1 aliphatic heterocycles. The van der Waals surface area contributed by atoms with Crippen molar-refractivity contribution in [1.82, 2.24) is 9.80 Å². The van der Waals surface area contributed by atoms with Gasteiger partial charge < -0.3 is 10.6 Å². The molecule has 0 spiro atoms. The molecule has 2 N–H and O–H groups in total. The van der Waals surface area contributed by atoms with E-state index in [0.29, 0.717) is 12.0 Å². The monoisotopic (exact) mass is 246 g/mol. The van der Waals surface area contributed by atoms with E-state index in [2.05, 4.69) is 45.1 Å². The summed E-state index contributed by atoms with van der Waals surface area (Å²) in [7, 11) is 3.77. The first-order valence-corrected chi connectivity index (χ1v) is 6.42. The molecule has 1 fully saturated rings. The topological polar surface area (TPSA) is 44.9 Å². The van der Waals surface area contributed by atoms with Gasteiger partial charge in [0, 0.05) is 39.8 Å². The maximum Gasteiger partial charge on any atom is 0.191 e. The predicted molar refractivity (Wildman–Crippen MR) is 75.4 cm³/mol. The molecule has 4 nitrogen and oxygen atoms in total. The van der Waals surface area contributed by atoms with Crippen LogP contribution in [0.25, 0.3) is 0 Å². The van der Waals surface area contributed by atoms with E-state index in [1.165, 1.54) is 5.56 Å². The van der Waals surface area contributed by atoms with Crippen molar-refractivity contribution in [3.8, 4) is 0 Å². The Morgan fingerprint density at radius 2 is 2.17 bits per heavy atom. The first-order valence-electron chi connectivity index (χ1n) is 6.42. The molecule has 18 heavy (non-hydrogen) atoms. The molecule has 0 aromatic heterocycles. The minimum atomic E-state index is 0.484. The molecule has 0 saturated carbocycles. The van der Waals surface area contributed by atoms with Crippen LogP contribution < -0.4 is 5.73 Å². The third-order valence-electron chi connectivity index (χ3n) is 3.63. The maximum absolute atomic E-state index is 5.85. The lowest BCUT2D eigenvalue weighted by molar-refractivity contribution is 0.294. The Labute approximate surface area is 109 Å². The molecule has 1 aliphatic rings. The van der Waals surface area contributed by atoms with Crippen LogP contribution in [0.15, 0.2) is 35.3 Å². The van der Waals surface area contributed by atoms with Crippen molar-refractivity contribution in [2.24, 2.45) is 10.7 Å². The van der Waals surface area contributed by atoms with Crippen LogP contribution in [0.3, 0.4) is 0 Å². The maximum atomic E-state index is 5.85. The third-order valence-corrected chi connectivity index (χ3v) is 3.63. The molecule has 0 bridgehead atoms. The van der Waals surface area contributed by atoms with Gasteiger partial charge in [-0.2, -0.15) is 0 Å². The molecule has 98 valence electrons. The summed E-state index contributed by atoms with van der Waals surface area (Å²) in [5.41, 5.74) is 7.22. The molecule has 1 heterocycles. The Morgan fingerprint density at radius 3 is 2.83 bits per heavy atom. The number of benzene rings is 1. The second-order valence-electron chi connectivity index (χ2n) is 4.86. The summed E-state index contributed by atoms with van der Waals surface area (Å²) in [6, 6.07) is 11.1. The zero-order valence-corrected chi connectivity index (χ0v) is 11.2. The standard InChI is InChI=1S/C14H22N4/c1-16-14(15)17(2)13-8-9-18(11-13)10-12-6-4-3-5-7-12/h3-7,13H,8-11H2,1-2H3,(H2,15,16). The Bertz CT molecular complexity index is 402. The average Bonchev–Trinajstić information content (AvgIpc) is 2.86. The molecule has 2 rings (SSSR count). The van der Waals surface area contributed by atoms with Crippen molar-refractivity contribution >= 4 is 5.96 Å². The Balaban J connectivity index is 1.89. The molecular weight excluding hydrogens is 224 g/mol. The highest BCUT2D eigenvalue weighted by Crippen LogP contribution is 2.16. The Hall–Kier alpha value is -1.55. The van der Waals surface area contributed by atoms with Crippen molar-refractivity contribution < 1.29 is 0 Å². The van der Waals surface area contributed by atoms with E-state index in [9.17, 15) is 0 Å². The van der Waals surface area contributed by atoms with Crippen LogP contribution in [0.1, 0.15) is 12.0 Å². The second-order valence-corrected chi connectivity index (χ2v) is 4.86. The van der Waals surface area contributed by atoms with Gasteiger partial charge in [-0.3, -0.25) is 9.89 Å². The molecule has 4 heteroatoms. The first-order chi connectivity index (χ1) is 8.70. The van der Waals surface area contributed by atoms with E-state index in [-0.39, 0.29) is 0 Å². The zero-order valence-electron chi connectivity index (χ0n) is 11.2. The average molecular weight is 246 g/mol. The normalized spacial score (nSPS) is 21.2. The molecule has 1 unspecified atom stereocenters. The fourth-order valence-corrected chi connectivity index (χ4v) is 2.46. The number of hydrogen-bond acceptors (Lipinski definition) is 2. The molecular formula is C14H22N4. The summed E-state index contributed by atoms with van der Waals surface area (Å²) < 4.78 is 0. The van der Waals surface area contributed by atoms with E-state index in [1.54, 1.807) is 7.05 Å². The third kappa shape index (κ3) is 3.01. The minimum absolute atomic E-state index is 0.484. The number of likely N-dealkylation sites (tertiary alicyclic amines) is 1. The number of likely N-dealkylation sites (N-methyl/N-ethyl adjacent to an activating group) is 1. The summed E-state index contributed by atoms with van der Waals surface area (Å²) in [5.74, 6) is 0.626. The number of nitrogens with zero attached hydrogens (tertiary/aromatic N) is 3. The van der Waals surface area contributed by atoms with Gasteiger partial charge in [-0.05, 0) is 12.0 Å². The fourth-order valence-electron chi connectivity index (χ4n) is 2.46. The lowest BCUT2D eigenvalue weighted by Gasteiger charge is -2.25. The highest BCUT2D eigenvalue weighted by Gasteiger charge is 2.26. The van der Waals surface area contributed by atoms with Gasteiger partial charge in [0.1, 0.15) is 0 Å². The van der Waals surface area contributed by atoms with E-state index < -0.39 is 0 Å². The van der Waals surface area contributed by atoms with Gasteiger partial charge in [-0.15, -0.1) is 0 Å². The molecule has 1 atom stereocenters. The SMILES string of the molecule is CN=C(N)N(C)C1CCN(Cc2ccccc2)C1. The van der Waals surface area contributed by atoms with Gasteiger partial charge in [-0.1, -0.05) is 30.3 Å². The van der Waals surface area contributed by atoms with Gasteiger partial charge in [0.05, 0.1) is 0 Å². The van der Waals surface area contributed by atoms with E-state index >= 15 is 0 Å². The Kier molecular flexibility index (Phi) is 4.20. The zero-order chi connectivity index (χ0) is 13.0. The highest BCUT2D eigenvalue weighted by molar-refractivity contribution is 5.78. The summed E-state index contributed by atoms with van der Waals surface area (Å²) in [6.07, 6.45) is 1.15. The van der Waals surface area contributed by atoms with Gasteiger partial charge >= 0.3 is 0 Å². The lowest BCUT2D eigenvalue weighted by atomic mass is 10.2.